The van der Waals surface area contributed by atoms with Crippen LogP contribution >= 0.6 is 0 Å². The van der Waals surface area contributed by atoms with Crippen LogP contribution in [0.4, 0.5) is 0 Å². The third-order valence-corrected chi connectivity index (χ3v) is 5.75. The number of benzene rings is 1. The molecule has 2 aliphatic rings. The Kier molecular flexibility index (Phi) is 3.87. The minimum absolute atomic E-state index is 0.140. The van der Waals surface area contributed by atoms with Gasteiger partial charge in [0.1, 0.15) is 5.82 Å². The number of fused-ring (bicyclic) bond motifs is 3. The molecule has 0 aliphatic heterocycles. The monoisotopic (exact) mass is 325 g/mol. The maximum absolute atomic E-state index is 12.9. The van der Waals surface area contributed by atoms with Crippen LogP contribution < -0.4 is 5.56 Å². The molecule has 1 aromatic heterocycles. The second-order valence-corrected chi connectivity index (χ2v) is 7.16. The molecule has 1 N–H and O–H groups in total. The van der Waals surface area contributed by atoms with Gasteiger partial charge in [-0.2, -0.15) is 0 Å². The molecule has 126 valence electrons. The fraction of sp³-hybridized carbons (Fsp3) is 0.526. The highest BCUT2D eigenvalue weighted by molar-refractivity contribution is 5.80. The normalized spacial score (nSPS) is 25.3. The molecule has 2 aromatic rings. The van der Waals surface area contributed by atoms with E-state index in [-0.39, 0.29) is 17.4 Å². The predicted octanol–water partition coefficient (Wildman–Crippen LogP) is 2.71. The SMILES string of the molecule is CCN(Cc1nc2ccccc2c(=O)[nH]1)C(=O)C1CC2CCC1C2. The molecule has 1 aromatic carbocycles. The van der Waals surface area contributed by atoms with Crippen LogP contribution in [0.5, 0.6) is 0 Å². The van der Waals surface area contributed by atoms with Gasteiger partial charge in [0, 0.05) is 12.5 Å². The van der Waals surface area contributed by atoms with Crippen molar-refractivity contribution in [3.63, 3.8) is 0 Å². The van der Waals surface area contributed by atoms with Crippen molar-refractivity contribution in [1.29, 1.82) is 0 Å². The van der Waals surface area contributed by atoms with Gasteiger partial charge < -0.3 is 9.88 Å². The third-order valence-electron chi connectivity index (χ3n) is 5.75. The van der Waals surface area contributed by atoms with Crippen LogP contribution in [0.2, 0.25) is 0 Å². The second-order valence-electron chi connectivity index (χ2n) is 7.16. The molecule has 24 heavy (non-hydrogen) atoms. The molecule has 2 bridgehead atoms. The van der Waals surface area contributed by atoms with E-state index in [1.54, 1.807) is 6.07 Å². The summed E-state index contributed by atoms with van der Waals surface area (Å²) >= 11 is 0. The highest BCUT2D eigenvalue weighted by atomic mass is 16.2. The summed E-state index contributed by atoms with van der Waals surface area (Å²) in [7, 11) is 0. The van der Waals surface area contributed by atoms with Crippen molar-refractivity contribution >= 4 is 16.8 Å². The van der Waals surface area contributed by atoms with Crippen LogP contribution in [0.15, 0.2) is 29.1 Å². The van der Waals surface area contributed by atoms with Gasteiger partial charge >= 0.3 is 0 Å². The average Bonchev–Trinajstić information content (AvgIpc) is 3.22. The number of para-hydroxylation sites is 1. The van der Waals surface area contributed by atoms with Crippen molar-refractivity contribution < 1.29 is 4.79 Å². The summed E-state index contributed by atoms with van der Waals surface area (Å²) in [6.45, 7) is 3.01. The molecule has 4 rings (SSSR count). The molecule has 0 spiro atoms. The number of nitrogens with zero attached hydrogens (tertiary/aromatic N) is 2. The molecule has 0 saturated heterocycles. The van der Waals surface area contributed by atoms with Crippen molar-refractivity contribution in [2.24, 2.45) is 17.8 Å². The number of hydrogen-bond donors (Lipinski definition) is 1. The Morgan fingerprint density at radius 1 is 1.29 bits per heavy atom. The lowest BCUT2D eigenvalue weighted by Gasteiger charge is -2.28. The van der Waals surface area contributed by atoms with Gasteiger partial charge in [-0.05, 0) is 50.2 Å². The molecule has 3 atom stereocenters. The Balaban J connectivity index is 1.56. The summed E-state index contributed by atoms with van der Waals surface area (Å²) in [5.41, 5.74) is 0.540. The Hall–Kier alpha value is -2.17. The fourth-order valence-corrected chi connectivity index (χ4v) is 4.52. The highest BCUT2D eigenvalue weighted by Gasteiger charge is 2.44. The molecular weight excluding hydrogens is 302 g/mol. The second kappa shape index (κ2) is 6.04. The van der Waals surface area contributed by atoms with Crippen LogP contribution in [0.3, 0.4) is 0 Å². The first-order valence-electron chi connectivity index (χ1n) is 8.92. The minimum Gasteiger partial charge on any atom is -0.335 e. The fourth-order valence-electron chi connectivity index (χ4n) is 4.52. The first-order valence-corrected chi connectivity index (χ1v) is 8.92. The predicted molar refractivity (Wildman–Crippen MR) is 92.4 cm³/mol. The third kappa shape index (κ3) is 2.62. The van der Waals surface area contributed by atoms with E-state index in [4.69, 9.17) is 0 Å². The number of carbonyl (C=O) groups is 1. The van der Waals surface area contributed by atoms with Gasteiger partial charge in [0.2, 0.25) is 5.91 Å². The van der Waals surface area contributed by atoms with Crippen LogP contribution in [-0.2, 0) is 11.3 Å². The minimum atomic E-state index is -0.140. The van der Waals surface area contributed by atoms with Crippen molar-refractivity contribution in [3.8, 4) is 0 Å². The van der Waals surface area contributed by atoms with Gasteiger partial charge in [-0.3, -0.25) is 9.59 Å². The van der Waals surface area contributed by atoms with E-state index in [1.165, 1.54) is 19.3 Å². The number of aromatic amines is 1. The van der Waals surface area contributed by atoms with Crippen LogP contribution in [0.25, 0.3) is 10.9 Å². The first-order chi connectivity index (χ1) is 11.7. The van der Waals surface area contributed by atoms with Gasteiger partial charge in [-0.1, -0.05) is 18.6 Å². The van der Waals surface area contributed by atoms with Crippen molar-refractivity contribution in [2.45, 2.75) is 39.2 Å². The van der Waals surface area contributed by atoms with Crippen molar-refractivity contribution in [3.05, 3.63) is 40.4 Å². The molecule has 3 unspecified atom stereocenters. The van der Waals surface area contributed by atoms with Gasteiger partial charge in [0.25, 0.3) is 5.56 Å². The summed E-state index contributed by atoms with van der Waals surface area (Å²) in [4.78, 5) is 34.3. The number of carbonyl (C=O) groups excluding carboxylic acids is 1. The zero-order chi connectivity index (χ0) is 16.7. The quantitative estimate of drug-likeness (QED) is 0.940. The highest BCUT2D eigenvalue weighted by Crippen LogP contribution is 2.48. The summed E-state index contributed by atoms with van der Waals surface area (Å²) in [6.07, 6.45) is 4.75. The Bertz CT molecular complexity index is 829. The standard InChI is InChI=1S/C19H23N3O2/c1-2-22(19(24)15-10-12-7-8-13(15)9-12)11-17-20-16-6-4-3-5-14(16)18(23)21-17/h3-6,12-13,15H,2,7-11H2,1H3,(H,20,21,23). The molecule has 0 radical (unpaired) electrons. The van der Waals surface area contributed by atoms with Crippen molar-refractivity contribution in [2.75, 3.05) is 6.54 Å². The van der Waals surface area contributed by atoms with E-state index < -0.39 is 0 Å². The lowest BCUT2D eigenvalue weighted by atomic mass is 9.87. The molecular formula is C19H23N3O2. The first kappa shape index (κ1) is 15.4. The molecule has 2 fully saturated rings. The van der Waals surface area contributed by atoms with E-state index in [9.17, 15) is 9.59 Å². The molecule has 2 saturated carbocycles. The maximum Gasteiger partial charge on any atom is 0.258 e. The van der Waals surface area contributed by atoms with Gasteiger partial charge in [0.05, 0.1) is 17.4 Å². The smallest absolute Gasteiger partial charge is 0.258 e. The topological polar surface area (TPSA) is 66.1 Å². The van der Waals surface area contributed by atoms with Crippen LogP contribution in [0, 0.1) is 17.8 Å². The maximum atomic E-state index is 12.9. The Morgan fingerprint density at radius 3 is 2.83 bits per heavy atom. The molecule has 5 nitrogen and oxygen atoms in total. The van der Waals surface area contributed by atoms with Gasteiger partial charge in [0.15, 0.2) is 0 Å². The number of H-pyrrole nitrogens is 1. The Labute approximate surface area is 141 Å². The zero-order valence-electron chi connectivity index (χ0n) is 14.0. The number of rotatable bonds is 4. The summed E-state index contributed by atoms with van der Waals surface area (Å²) < 4.78 is 0. The van der Waals surface area contributed by atoms with E-state index in [0.29, 0.717) is 35.7 Å². The largest absolute Gasteiger partial charge is 0.335 e. The van der Waals surface area contributed by atoms with Crippen molar-refractivity contribution in [1.82, 2.24) is 14.9 Å². The summed E-state index contributed by atoms with van der Waals surface area (Å²) in [6, 6.07) is 7.30. The van der Waals surface area contributed by atoms with Gasteiger partial charge in [-0.15, -0.1) is 0 Å². The van der Waals surface area contributed by atoms with E-state index in [2.05, 4.69) is 9.97 Å². The lowest BCUT2D eigenvalue weighted by Crippen LogP contribution is -2.38. The van der Waals surface area contributed by atoms with Gasteiger partial charge in [-0.25, -0.2) is 4.98 Å². The Morgan fingerprint density at radius 2 is 2.12 bits per heavy atom. The molecule has 1 amide bonds. The average molecular weight is 325 g/mol. The number of hydrogen-bond acceptors (Lipinski definition) is 3. The summed E-state index contributed by atoms with van der Waals surface area (Å²) in [5, 5.41) is 0.587. The number of amides is 1. The van der Waals surface area contributed by atoms with Crippen LogP contribution in [0.1, 0.15) is 38.4 Å². The van der Waals surface area contributed by atoms with E-state index in [0.717, 1.165) is 12.3 Å². The van der Waals surface area contributed by atoms with E-state index in [1.807, 2.05) is 30.0 Å². The summed E-state index contributed by atoms with van der Waals surface area (Å²) in [5.74, 6) is 2.30. The lowest BCUT2D eigenvalue weighted by molar-refractivity contribution is -0.137. The molecule has 1 heterocycles. The van der Waals surface area contributed by atoms with Crippen LogP contribution in [-0.4, -0.2) is 27.3 Å². The number of aromatic nitrogens is 2. The molecule has 2 aliphatic carbocycles. The zero-order valence-corrected chi connectivity index (χ0v) is 14.0. The van der Waals surface area contributed by atoms with E-state index >= 15 is 0 Å². The number of nitrogens with one attached hydrogen (secondary N) is 1. The molecule has 5 heteroatoms.